The lowest BCUT2D eigenvalue weighted by Gasteiger charge is -1.99. The van der Waals surface area contributed by atoms with E-state index in [2.05, 4.69) is 4.98 Å². The largest absolute Gasteiger partial charge is 0.493 e. The van der Waals surface area contributed by atoms with Crippen molar-refractivity contribution >= 4 is 38.3 Å². The molecule has 1 aromatic carbocycles. The molecule has 20 heavy (non-hydrogen) atoms. The van der Waals surface area contributed by atoms with Crippen LogP contribution in [0.2, 0.25) is 0 Å². The smallest absolute Gasteiger partial charge is 0.198 e. The molecular formula is C15H13NO3S. The molecule has 1 fully saturated rings. The van der Waals surface area contributed by atoms with Gasteiger partial charge in [0.15, 0.2) is 23.0 Å². The van der Waals surface area contributed by atoms with Gasteiger partial charge in [0.05, 0.1) is 12.0 Å². The first kappa shape index (κ1) is 11.9. The number of carbonyl (C=O) groups excluding carboxylic acids is 1. The average molecular weight is 287 g/mol. The van der Waals surface area contributed by atoms with Crippen LogP contribution in [0.5, 0.6) is 5.75 Å². The number of carbonyl (C=O) groups is 1. The summed E-state index contributed by atoms with van der Waals surface area (Å²) >= 11 is 1.47. The number of ether oxygens (including phenoxy) is 1. The standard InChI is InChI=1S/C15H13NO3S/c1-7(17)11-5-9-12(20-11)6-10(18-2)14-13(9)16-15(19-14)8-3-4-8/h5-6,8H,3-4H2,1-2H3. The highest BCUT2D eigenvalue weighted by Gasteiger charge is 2.30. The van der Waals surface area contributed by atoms with Crippen LogP contribution < -0.4 is 4.74 Å². The Bertz CT molecular complexity index is 842. The fourth-order valence-corrected chi connectivity index (χ4v) is 3.39. The van der Waals surface area contributed by atoms with E-state index in [9.17, 15) is 4.79 Å². The molecule has 102 valence electrons. The highest BCUT2D eigenvalue weighted by Crippen LogP contribution is 2.44. The van der Waals surface area contributed by atoms with Crippen molar-refractivity contribution < 1.29 is 13.9 Å². The monoisotopic (exact) mass is 287 g/mol. The Kier molecular flexibility index (Phi) is 2.41. The fourth-order valence-electron chi connectivity index (χ4n) is 2.40. The Balaban J connectivity index is 2.06. The molecule has 1 saturated carbocycles. The van der Waals surface area contributed by atoms with Crippen molar-refractivity contribution in [2.45, 2.75) is 25.7 Å². The summed E-state index contributed by atoms with van der Waals surface area (Å²) in [6.07, 6.45) is 2.28. The van der Waals surface area contributed by atoms with E-state index in [0.717, 1.165) is 39.2 Å². The van der Waals surface area contributed by atoms with Gasteiger partial charge < -0.3 is 9.15 Å². The van der Waals surface area contributed by atoms with E-state index in [1.54, 1.807) is 14.0 Å². The van der Waals surface area contributed by atoms with Crippen LogP contribution >= 0.6 is 11.3 Å². The normalized spacial score (nSPS) is 15.1. The fraction of sp³-hybridized carbons (Fsp3) is 0.333. The lowest BCUT2D eigenvalue weighted by Crippen LogP contribution is -1.84. The van der Waals surface area contributed by atoms with Gasteiger partial charge in [-0.1, -0.05) is 0 Å². The van der Waals surface area contributed by atoms with Crippen molar-refractivity contribution in [2.24, 2.45) is 0 Å². The van der Waals surface area contributed by atoms with Crippen molar-refractivity contribution in [1.29, 1.82) is 0 Å². The third-order valence-electron chi connectivity index (χ3n) is 3.64. The molecule has 0 radical (unpaired) electrons. The maximum Gasteiger partial charge on any atom is 0.198 e. The Morgan fingerprint density at radius 2 is 2.25 bits per heavy atom. The molecule has 0 unspecified atom stereocenters. The van der Waals surface area contributed by atoms with Crippen LogP contribution in [0.25, 0.3) is 21.2 Å². The molecular weight excluding hydrogens is 274 g/mol. The second-order valence-electron chi connectivity index (χ2n) is 5.16. The van der Waals surface area contributed by atoms with E-state index >= 15 is 0 Å². The number of benzene rings is 1. The Morgan fingerprint density at radius 1 is 1.45 bits per heavy atom. The van der Waals surface area contributed by atoms with E-state index in [-0.39, 0.29) is 5.78 Å². The van der Waals surface area contributed by atoms with Crippen molar-refractivity contribution in [3.63, 3.8) is 0 Å². The van der Waals surface area contributed by atoms with Crippen LogP contribution in [0, 0.1) is 0 Å². The van der Waals surface area contributed by atoms with Crippen molar-refractivity contribution in [1.82, 2.24) is 4.98 Å². The first-order valence-corrected chi connectivity index (χ1v) is 7.41. The number of ketones is 1. The van der Waals surface area contributed by atoms with E-state index in [0.29, 0.717) is 17.3 Å². The number of thiophene rings is 1. The van der Waals surface area contributed by atoms with Crippen LogP contribution in [0.3, 0.4) is 0 Å². The van der Waals surface area contributed by atoms with Crippen LogP contribution in [0.4, 0.5) is 0 Å². The summed E-state index contributed by atoms with van der Waals surface area (Å²) in [7, 11) is 1.62. The summed E-state index contributed by atoms with van der Waals surface area (Å²) in [5, 5.41) is 0.978. The number of rotatable bonds is 3. The van der Waals surface area contributed by atoms with Gasteiger partial charge in [-0.05, 0) is 25.8 Å². The molecule has 0 aliphatic heterocycles. The molecule has 0 amide bonds. The number of Topliss-reactive ketones (excluding diaryl/α,β-unsaturated/α-hetero) is 1. The van der Waals surface area contributed by atoms with Crippen LogP contribution in [0.1, 0.15) is 41.2 Å². The molecule has 0 saturated heterocycles. The summed E-state index contributed by atoms with van der Waals surface area (Å²) in [6, 6.07) is 3.83. The summed E-state index contributed by atoms with van der Waals surface area (Å²) in [4.78, 5) is 16.9. The van der Waals surface area contributed by atoms with Gasteiger partial charge in [0, 0.05) is 22.1 Å². The number of aromatic nitrogens is 1. The SMILES string of the molecule is COc1cc2sc(C(C)=O)cc2c2nc(C3CC3)oc12. The molecule has 0 spiro atoms. The number of methoxy groups -OCH3 is 1. The van der Waals surface area contributed by atoms with Gasteiger partial charge in [0.1, 0.15) is 5.52 Å². The first-order chi connectivity index (χ1) is 9.67. The minimum Gasteiger partial charge on any atom is -0.493 e. The van der Waals surface area contributed by atoms with Crippen molar-refractivity contribution in [3.8, 4) is 5.75 Å². The topological polar surface area (TPSA) is 52.3 Å². The Hall–Kier alpha value is -1.88. The van der Waals surface area contributed by atoms with E-state index in [1.165, 1.54) is 11.3 Å². The third kappa shape index (κ3) is 1.66. The van der Waals surface area contributed by atoms with Gasteiger partial charge in [0.25, 0.3) is 0 Å². The van der Waals surface area contributed by atoms with Gasteiger partial charge in [-0.3, -0.25) is 4.79 Å². The number of nitrogens with zero attached hydrogens (tertiary/aromatic N) is 1. The summed E-state index contributed by atoms with van der Waals surface area (Å²) < 4.78 is 12.3. The highest BCUT2D eigenvalue weighted by atomic mass is 32.1. The average Bonchev–Trinajstić information content (AvgIpc) is 3.02. The molecule has 0 bridgehead atoms. The first-order valence-electron chi connectivity index (χ1n) is 6.59. The highest BCUT2D eigenvalue weighted by molar-refractivity contribution is 7.21. The number of hydrogen-bond acceptors (Lipinski definition) is 5. The predicted octanol–water partition coefficient (Wildman–Crippen LogP) is 4.13. The summed E-state index contributed by atoms with van der Waals surface area (Å²) in [5.74, 6) is 2.00. The van der Waals surface area contributed by atoms with E-state index in [4.69, 9.17) is 9.15 Å². The minimum absolute atomic E-state index is 0.0734. The van der Waals surface area contributed by atoms with Gasteiger partial charge in [-0.25, -0.2) is 4.98 Å². The molecule has 3 aromatic rings. The molecule has 2 aromatic heterocycles. The van der Waals surface area contributed by atoms with E-state index in [1.807, 2.05) is 12.1 Å². The number of hydrogen-bond donors (Lipinski definition) is 0. The minimum atomic E-state index is 0.0734. The van der Waals surface area contributed by atoms with E-state index < -0.39 is 0 Å². The zero-order valence-electron chi connectivity index (χ0n) is 11.2. The molecule has 2 heterocycles. The third-order valence-corrected chi connectivity index (χ3v) is 4.82. The molecule has 5 heteroatoms. The zero-order valence-corrected chi connectivity index (χ0v) is 12.0. The zero-order chi connectivity index (χ0) is 13.9. The van der Waals surface area contributed by atoms with Crippen LogP contribution in [-0.2, 0) is 0 Å². The lowest BCUT2D eigenvalue weighted by molar-refractivity contribution is 0.102. The Morgan fingerprint density at radius 3 is 2.90 bits per heavy atom. The summed E-state index contributed by atoms with van der Waals surface area (Å²) in [5.41, 5.74) is 1.50. The Labute approximate surface area is 119 Å². The maximum atomic E-state index is 11.6. The number of oxazole rings is 1. The van der Waals surface area contributed by atoms with Gasteiger partial charge >= 0.3 is 0 Å². The quantitative estimate of drug-likeness (QED) is 0.680. The molecule has 0 atom stereocenters. The van der Waals surface area contributed by atoms with Crippen molar-refractivity contribution in [3.05, 3.63) is 22.9 Å². The molecule has 0 N–H and O–H groups in total. The predicted molar refractivity (Wildman–Crippen MR) is 77.9 cm³/mol. The lowest BCUT2D eigenvalue weighted by atomic mass is 10.2. The van der Waals surface area contributed by atoms with Crippen molar-refractivity contribution in [2.75, 3.05) is 7.11 Å². The molecule has 1 aliphatic rings. The maximum absolute atomic E-state index is 11.6. The summed E-state index contributed by atoms with van der Waals surface area (Å²) in [6.45, 7) is 1.58. The van der Waals surface area contributed by atoms with Gasteiger partial charge in [-0.2, -0.15) is 0 Å². The molecule has 1 aliphatic carbocycles. The van der Waals surface area contributed by atoms with Gasteiger partial charge in [0.2, 0.25) is 0 Å². The molecule has 4 nitrogen and oxygen atoms in total. The molecule has 4 rings (SSSR count). The second kappa shape index (κ2) is 4.06. The van der Waals surface area contributed by atoms with Crippen LogP contribution in [0.15, 0.2) is 16.5 Å². The second-order valence-corrected chi connectivity index (χ2v) is 6.25. The number of fused-ring (bicyclic) bond motifs is 3. The van der Waals surface area contributed by atoms with Gasteiger partial charge in [-0.15, -0.1) is 11.3 Å². The van der Waals surface area contributed by atoms with Crippen LogP contribution in [-0.4, -0.2) is 17.9 Å².